The average molecular weight is 320 g/mol. The lowest BCUT2D eigenvalue weighted by atomic mass is 10.1. The monoisotopic (exact) mass is 319 g/mol. The van der Waals surface area contributed by atoms with Gasteiger partial charge >= 0.3 is 0 Å². The molecule has 0 bridgehead atoms. The molecule has 4 heteroatoms. The molecule has 0 aliphatic rings. The van der Waals surface area contributed by atoms with Gasteiger partial charge in [0.05, 0.1) is 10.9 Å². The zero-order valence-electron chi connectivity index (χ0n) is 12.2. The first-order valence-electron chi connectivity index (χ1n) is 6.86. The van der Waals surface area contributed by atoms with Gasteiger partial charge in [-0.2, -0.15) is 0 Å². The van der Waals surface area contributed by atoms with Gasteiger partial charge in [-0.3, -0.25) is 4.79 Å². The summed E-state index contributed by atoms with van der Waals surface area (Å²) < 4.78 is 0.754. The molecule has 0 saturated heterocycles. The zero-order chi connectivity index (χ0) is 15.2. The summed E-state index contributed by atoms with van der Waals surface area (Å²) in [7, 11) is 0. The van der Waals surface area contributed by atoms with E-state index in [-0.39, 0.29) is 5.91 Å². The number of carbonyl (C=O) groups excluding carboxylic acids is 1. The molecule has 21 heavy (non-hydrogen) atoms. The number of thiophene rings is 1. The molecule has 0 atom stereocenters. The molecule has 0 spiro atoms. The maximum atomic E-state index is 12.3. The van der Waals surface area contributed by atoms with Gasteiger partial charge in [0.1, 0.15) is 0 Å². The summed E-state index contributed by atoms with van der Waals surface area (Å²) in [5.74, 6) is 0.0172. The molecule has 1 heterocycles. The van der Waals surface area contributed by atoms with Crippen LogP contribution >= 0.6 is 22.9 Å². The summed E-state index contributed by atoms with van der Waals surface area (Å²) in [6.07, 6.45) is 3.49. The Morgan fingerprint density at radius 1 is 1.33 bits per heavy atom. The van der Waals surface area contributed by atoms with E-state index in [0.29, 0.717) is 13.1 Å². The quantitative estimate of drug-likeness (QED) is 0.727. The molecule has 1 aromatic heterocycles. The first-order valence-corrected chi connectivity index (χ1v) is 8.06. The Kier molecular flexibility index (Phi) is 5.59. The van der Waals surface area contributed by atoms with Crippen LogP contribution in [0.25, 0.3) is 6.08 Å². The maximum Gasteiger partial charge on any atom is 0.246 e. The van der Waals surface area contributed by atoms with Crippen LogP contribution in [0.1, 0.15) is 22.9 Å². The van der Waals surface area contributed by atoms with Gasteiger partial charge in [0.2, 0.25) is 5.91 Å². The average Bonchev–Trinajstić information content (AvgIpc) is 2.87. The second-order valence-corrected chi connectivity index (χ2v) is 6.61. The molecule has 0 aliphatic carbocycles. The Hall–Kier alpha value is -1.58. The number of halogens is 1. The van der Waals surface area contributed by atoms with Gasteiger partial charge in [-0.1, -0.05) is 41.4 Å². The molecule has 110 valence electrons. The van der Waals surface area contributed by atoms with Crippen LogP contribution in [0, 0.1) is 6.92 Å². The van der Waals surface area contributed by atoms with Crippen molar-refractivity contribution in [2.24, 2.45) is 0 Å². The van der Waals surface area contributed by atoms with Crippen LogP contribution in [0.4, 0.5) is 0 Å². The number of nitrogens with zero attached hydrogens (tertiary/aromatic N) is 1. The third-order valence-electron chi connectivity index (χ3n) is 3.13. The first kappa shape index (κ1) is 15.8. The van der Waals surface area contributed by atoms with Crippen LogP contribution in [0.15, 0.2) is 42.5 Å². The highest BCUT2D eigenvalue weighted by Gasteiger charge is 2.10. The molecule has 2 nitrogen and oxygen atoms in total. The summed E-state index contributed by atoms with van der Waals surface area (Å²) in [4.78, 5) is 15.2. The minimum Gasteiger partial charge on any atom is -0.334 e. The Labute approximate surface area is 134 Å². The van der Waals surface area contributed by atoms with Crippen LogP contribution < -0.4 is 0 Å². The lowest BCUT2D eigenvalue weighted by Crippen LogP contribution is -2.28. The lowest BCUT2D eigenvalue weighted by molar-refractivity contribution is -0.126. The van der Waals surface area contributed by atoms with Crippen LogP contribution in [0.5, 0.6) is 0 Å². The molecule has 1 aromatic carbocycles. The Balaban J connectivity index is 2.03. The standard InChI is InChI=1S/C17H18ClNOS/c1-3-19(12-15-8-9-16(18)21-15)17(20)10-7-14-6-4-5-13(2)11-14/h4-11H,3,12H2,1-2H3/b10-7+. The van der Waals surface area contributed by atoms with Gasteiger partial charge in [-0.05, 0) is 37.6 Å². The molecule has 0 radical (unpaired) electrons. The minimum absolute atomic E-state index is 0.0172. The van der Waals surface area contributed by atoms with Crippen molar-refractivity contribution in [1.82, 2.24) is 4.90 Å². The number of hydrogen-bond donors (Lipinski definition) is 0. The van der Waals surface area contributed by atoms with Gasteiger partial charge < -0.3 is 4.90 Å². The molecule has 0 aliphatic heterocycles. The second kappa shape index (κ2) is 7.43. The molecule has 1 amide bonds. The number of hydrogen-bond acceptors (Lipinski definition) is 2. The van der Waals surface area contributed by atoms with Crippen LogP contribution in [0.3, 0.4) is 0 Å². The predicted molar refractivity (Wildman–Crippen MR) is 90.6 cm³/mol. The van der Waals surface area contributed by atoms with Gasteiger partial charge in [-0.15, -0.1) is 11.3 Å². The summed E-state index contributed by atoms with van der Waals surface area (Å²) in [5, 5.41) is 0. The van der Waals surface area contributed by atoms with Crippen LogP contribution in [-0.2, 0) is 11.3 Å². The molecule has 0 N–H and O–H groups in total. The van der Waals surface area contributed by atoms with E-state index >= 15 is 0 Å². The van der Waals surface area contributed by atoms with Gasteiger partial charge in [-0.25, -0.2) is 0 Å². The number of amides is 1. The lowest BCUT2D eigenvalue weighted by Gasteiger charge is -2.18. The van der Waals surface area contributed by atoms with Crippen molar-refractivity contribution in [2.45, 2.75) is 20.4 Å². The van der Waals surface area contributed by atoms with Crippen molar-refractivity contribution in [3.8, 4) is 0 Å². The highest BCUT2D eigenvalue weighted by atomic mass is 35.5. The van der Waals surface area contributed by atoms with Crippen molar-refractivity contribution in [1.29, 1.82) is 0 Å². The number of aryl methyl sites for hydroxylation is 1. The summed E-state index contributed by atoms with van der Waals surface area (Å²) in [5.41, 5.74) is 2.23. The number of rotatable bonds is 5. The normalized spacial score (nSPS) is 11.0. The topological polar surface area (TPSA) is 20.3 Å². The van der Waals surface area contributed by atoms with Gasteiger partial charge in [0.15, 0.2) is 0 Å². The van der Waals surface area contributed by atoms with Gasteiger partial charge in [0, 0.05) is 17.5 Å². The largest absolute Gasteiger partial charge is 0.334 e. The molecule has 0 unspecified atom stereocenters. The Bertz CT molecular complexity index is 648. The van der Waals surface area contributed by atoms with E-state index in [0.717, 1.165) is 14.8 Å². The zero-order valence-corrected chi connectivity index (χ0v) is 13.7. The molecule has 2 rings (SSSR count). The van der Waals surface area contributed by atoms with Crippen molar-refractivity contribution in [3.05, 3.63) is 62.8 Å². The number of carbonyl (C=O) groups is 1. The molecular formula is C17H18ClNOS. The SMILES string of the molecule is CCN(Cc1ccc(Cl)s1)C(=O)/C=C/c1cccc(C)c1. The van der Waals surface area contributed by atoms with E-state index in [9.17, 15) is 4.79 Å². The molecule has 2 aromatic rings. The number of likely N-dealkylation sites (N-methyl/N-ethyl adjacent to an activating group) is 1. The highest BCUT2D eigenvalue weighted by molar-refractivity contribution is 7.16. The summed E-state index contributed by atoms with van der Waals surface area (Å²) in [6, 6.07) is 11.9. The van der Waals surface area contributed by atoms with Crippen molar-refractivity contribution in [2.75, 3.05) is 6.54 Å². The minimum atomic E-state index is 0.0172. The molecule has 0 fully saturated rings. The van der Waals surface area contributed by atoms with E-state index in [2.05, 4.69) is 6.07 Å². The number of benzene rings is 1. The fourth-order valence-corrected chi connectivity index (χ4v) is 3.12. The fourth-order valence-electron chi connectivity index (χ4n) is 2.02. The summed E-state index contributed by atoms with van der Waals surface area (Å²) >= 11 is 7.44. The van der Waals surface area contributed by atoms with Crippen LogP contribution in [0.2, 0.25) is 4.34 Å². The van der Waals surface area contributed by atoms with E-state index in [4.69, 9.17) is 11.6 Å². The maximum absolute atomic E-state index is 12.3. The van der Waals surface area contributed by atoms with E-state index in [1.54, 1.807) is 11.0 Å². The van der Waals surface area contributed by atoms with E-state index in [1.165, 1.54) is 16.9 Å². The van der Waals surface area contributed by atoms with Crippen molar-refractivity contribution in [3.63, 3.8) is 0 Å². The summed E-state index contributed by atoms with van der Waals surface area (Å²) in [6.45, 7) is 5.29. The fraction of sp³-hybridized carbons (Fsp3) is 0.235. The van der Waals surface area contributed by atoms with Gasteiger partial charge in [0.25, 0.3) is 0 Å². The molecule has 0 saturated carbocycles. The van der Waals surface area contributed by atoms with Crippen molar-refractivity contribution >= 4 is 34.9 Å². The second-order valence-electron chi connectivity index (χ2n) is 4.81. The Morgan fingerprint density at radius 2 is 2.14 bits per heavy atom. The first-order chi connectivity index (χ1) is 10.1. The predicted octanol–water partition coefficient (Wildman–Crippen LogP) is 4.77. The Morgan fingerprint density at radius 3 is 2.76 bits per heavy atom. The van der Waals surface area contributed by atoms with E-state index in [1.807, 2.05) is 50.3 Å². The third kappa shape index (κ3) is 4.73. The molecular weight excluding hydrogens is 302 g/mol. The smallest absolute Gasteiger partial charge is 0.246 e. The van der Waals surface area contributed by atoms with Crippen LogP contribution in [-0.4, -0.2) is 17.4 Å². The van der Waals surface area contributed by atoms with Crippen molar-refractivity contribution < 1.29 is 4.79 Å². The third-order valence-corrected chi connectivity index (χ3v) is 4.35. The highest BCUT2D eigenvalue weighted by Crippen LogP contribution is 2.22. The van der Waals surface area contributed by atoms with E-state index < -0.39 is 0 Å².